The third-order valence-electron chi connectivity index (χ3n) is 2.01. The summed E-state index contributed by atoms with van der Waals surface area (Å²) in [7, 11) is 0. The Hall–Kier alpha value is -1.57. The topological polar surface area (TPSA) is 12.0 Å². The van der Waals surface area contributed by atoms with Crippen molar-refractivity contribution in [3.8, 4) is 0 Å². The quantitative estimate of drug-likeness (QED) is 0.692. The fourth-order valence-corrected chi connectivity index (χ4v) is 1.33. The maximum atomic E-state index is 12.6. The van der Waals surface area contributed by atoms with Gasteiger partial charge in [-0.1, -0.05) is 36.4 Å². The van der Waals surface area contributed by atoms with Crippen LogP contribution in [0.25, 0.3) is 0 Å². The lowest BCUT2D eigenvalue weighted by Gasteiger charge is -2.16. The number of halogens is 1. The van der Waals surface area contributed by atoms with E-state index in [4.69, 9.17) is 0 Å². The van der Waals surface area contributed by atoms with Gasteiger partial charge < -0.3 is 5.32 Å². The minimum atomic E-state index is -0.229. The van der Waals surface area contributed by atoms with Gasteiger partial charge in [0.25, 0.3) is 0 Å². The van der Waals surface area contributed by atoms with Crippen LogP contribution in [0.4, 0.5) is 4.39 Å². The van der Waals surface area contributed by atoms with Crippen molar-refractivity contribution in [2.45, 2.75) is 6.04 Å². The summed E-state index contributed by atoms with van der Waals surface area (Å²) in [6.07, 6.45) is 4.68. The number of allylic oxidation sites excluding steroid dienone is 2. The van der Waals surface area contributed by atoms with E-state index in [-0.39, 0.29) is 11.9 Å². The maximum Gasteiger partial charge on any atom is 0.138 e. The summed E-state index contributed by atoms with van der Waals surface area (Å²) in [4.78, 5) is 0. The van der Waals surface area contributed by atoms with Crippen molar-refractivity contribution < 1.29 is 4.39 Å². The van der Waals surface area contributed by atoms with E-state index < -0.39 is 0 Å². The molecular weight excluding hydrogens is 165 g/mol. The van der Waals surface area contributed by atoms with Crippen molar-refractivity contribution in [3.63, 3.8) is 0 Å². The molecule has 2 heteroatoms. The number of hydrogen-bond donors (Lipinski definition) is 1. The second kappa shape index (κ2) is 3.44. The molecule has 0 aromatic heterocycles. The molecule has 1 aliphatic heterocycles. The highest BCUT2D eigenvalue weighted by Gasteiger charge is 2.08. The molecule has 0 amide bonds. The van der Waals surface area contributed by atoms with Gasteiger partial charge in [0.15, 0.2) is 0 Å². The van der Waals surface area contributed by atoms with Crippen LogP contribution in [0.5, 0.6) is 0 Å². The monoisotopic (exact) mass is 175 g/mol. The van der Waals surface area contributed by atoms with Crippen LogP contribution in [0.15, 0.2) is 54.5 Å². The summed E-state index contributed by atoms with van der Waals surface area (Å²) in [5.41, 5.74) is 1.14. The summed E-state index contributed by atoms with van der Waals surface area (Å²) in [6.45, 7) is 0. The summed E-state index contributed by atoms with van der Waals surface area (Å²) in [6, 6.07) is 10.0. The van der Waals surface area contributed by atoms with Crippen molar-refractivity contribution >= 4 is 0 Å². The van der Waals surface area contributed by atoms with E-state index in [2.05, 4.69) is 5.32 Å². The van der Waals surface area contributed by atoms with Crippen molar-refractivity contribution in [2.24, 2.45) is 0 Å². The van der Waals surface area contributed by atoms with Gasteiger partial charge in [0.2, 0.25) is 0 Å². The molecule has 0 aliphatic carbocycles. The molecule has 13 heavy (non-hydrogen) atoms. The lowest BCUT2D eigenvalue weighted by Crippen LogP contribution is -2.15. The molecule has 1 aliphatic rings. The summed E-state index contributed by atoms with van der Waals surface area (Å²) in [5, 5.41) is 2.96. The van der Waals surface area contributed by atoms with Gasteiger partial charge in [0.05, 0.1) is 6.04 Å². The van der Waals surface area contributed by atoms with Gasteiger partial charge in [-0.2, -0.15) is 0 Å². The highest BCUT2D eigenvalue weighted by atomic mass is 19.1. The molecule has 1 heterocycles. The van der Waals surface area contributed by atoms with Gasteiger partial charge in [0, 0.05) is 6.20 Å². The zero-order valence-corrected chi connectivity index (χ0v) is 7.07. The third kappa shape index (κ3) is 1.78. The summed E-state index contributed by atoms with van der Waals surface area (Å²) >= 11 is 0. The summed E-state index contributed by atoms with van der Waals surface area (Å²) < 4.78 is 12.6. The predicted octanol–water partition coefficient (Wildman–Crippen LogP) is 2.70. The van der Waals surface area contributed by atoms with Gasteiger partial charge in [-0.3, -0.25) is 0 Å². The Labute approximate surface area is 76.6 Å². The van der Waals surface area contributed by atoms with Gasteiger partial charge in [-0.25, -0.2) is 4.39 Å². The Morgan fingerprint density at radius 3 is 2.54 bits per heavy atom. The second-order valence-corrected chi connectivity index (χ2v) is 2.94. The minimum absolute atomic E-state index is 0.0979. The van der Waals surface area contributed by atoms with E-state index in [0.29, 0.717) is 0 Å². The van der Waals surface area contributed by atoms with Crippen LogP contribution in [0, 0.1) is 0 Å². The predicted molar refractivity (Wildman–Crippen MR) is 50.6 cm³/mol. The molecule has 1 N–H and O–H groups in total. The van der Waals surface area contributed by atoms with Gasteiger partial charge in [-0.15, -0.1) is 0 Å². The Kier molecular flexibility index (Phi) is 2.13. The molecule has 0 bridgehead atoms. The van der Waals surface area contributed by atoms with E-state index in [9.17, 15) is 4.39 Å². The molecule has 1 nitrogen and oxygen atoms in total. The Morgan fingerprint density at radius 2 is 1.92 bits per heavy atom. The first-order valence-corrected chi connectivity index (χ1v) is 4.21. The van der Waals surface area contributed by atoms with Crippen molar-refractivity contribution in [1.29, 1.82) is 0 Å². The van der Waals surface area contributed by atoms with Crippen molar-refractivity contribution in [3.05, 3.63) is 60.1 Å². The molecule has 2 rings (SSSR count). The number of dihydropyridines is 1. The third-order valence-corrected chi connectivity index (χ3v) is 2.01. The average molecular weight is 175 g/mol. The first-order valence-electron chi connectivity index (χ1n) is 4.21. The molecule has 0 spiro atoms. The van der Waals surface area contributed by atoms with Crippen LogP contribution in [0.2, 0.25) is 0 Å². The Balaban J connectivity index is 2.18. The molecule has 0 saturated carbocycles. The van der Waals surface area contributed by atoms with Gasteiger partial charge in [-0.05, 0) is 11.6 Å². The Bertz CT molecular complexity index is 340. The number of rotatable bonds is 1. The fourth-order valence-electron chi connectivity index (χ4n) is 1.33. The van der Waals surface area contributed by atoms with Crippen LogP contribution in [0.1, 0.15) is 11.6 Å². The van der Waals surface area contributed by atoms with Gasteiger partial charge in [0.1, 0.15) is 5.83 Å². The normalized spacial score (nSPS) is 20.7. The zero-order valence-electron chi connectivity index (χ0n) is 7.07. The standard InChI is InChI=1S/C11H10FN/c12-10-6-7-11(13-8-10)9-4-2-1-3-5-9/h1-8,11,13H. The van der Waals surface area contributed by atoms with Crippen LogP contribution in [-0.4, -0.2) is 0 Å². The van der Waals surface area contributed by atoms with E-state index >= 15 is 0 Å². The number of benzene rings is 1. The summed E-state index contributed by atoms with van der Waals surface area (Å²) in [5.74, 6) is -0.229. The molecule has 1 aromatic rings. The number of nitrogens with one attached hydrogen (secondary N) is 1. The molecule has 1 atom stereocenters. The molecular formula is C11H10FN. The van der Waals surface area contributed by atoms with Crippen molar-refractivity contribution in [2.75, 3.05) is 0 Å². The molecule has 1 aromatic carbocycles. The average Bonchev–Trinajstić information content (AvgIpc) is 2.20. The molecule has 0 fully saturated rings. The smallest absolute Gasteiger partial charge is 0.138 e. The number of hydrogen-bond acceptors (Lipinski definition) is 1. The second-order valence-electron chi connectivity index (χ2n) is 2.94. The van der Waals surface area contributed by atoms with E-state index in [0.717, 1.165) is 5.56 Å². The first kappa shape index (κ1) is 8.05. The van der Waals surface area contributed by atoms with Gasteiger partial charge >= 0.3 is 0 Å². The van der Waals surface area contributed by atoms with Crippen LogP contribution in [-0.2, 0) is 0 Å². The van der Waals surface area contributed by atoms with E-state index in [1.807, 2.05) is 36.4 Å². The highest BCUT2D eigenvalue weighted by molar-refractivity contribution is 5.28. The SMILES string of the molecule is FC1=CNC(c2ccccc2)C=C1. The highest BCUT2D eigenvalue weighted by Crippen LogP contribution is 2.18. The molecule has 66 valence electrons. The van der Waals surface area contributed by atoms with Crippen LogP contribution >= 0.6 is 0 Å². The first-order chi connectivity index (χ1) is 6.36. The van der Waals surface area contributed by atoms with E-state index in [1.54, 1.807) is 0 Å². The van der Waals surface area contributed by atoms with Crippen LogP contribution < -0.4 is 5.32 Å². The maximum absolute atomic E-state index is 12.6. The lowest BCUT2D eigenvalue weighted by atomic mass is 10.1. The largest absolute Gasteiger partial charge is 0.378 e. The zero-order chi connectivity index (χ0) is 9.10. The molecule has 1 unspecified atom stereocenters. The molecule has 0 saturated heterocycles. The van der Waals surface area contributed by atoms with E-state index in [1.165, 1.54) is 12.3 Å². The fraction of sp³-hybridized carbons (Fsp3) is 0.0909. The minimum Gasteiger partial charge on any atom is -0.378 e. The Morgan fingerprint density at radius 1 is 1.15 bits per heavy atom. The van der Waals surface area contributed by atoms with Crippen LogP contribution in [0.3, 0.4) is 0 Å². The lowest BCUT2D eigenvalue weighted by molar-refractivity contribution is 0.621. The van der Waals surface area contributed by atoms with Crippen molar-refractivity contribution in [1.82, 2.24) is 5.32 Å². The molecule has 0 radical (unpaired) electrons.